The smallest absolute Gasteiger partial charge is 0.0438 e. The highest BCUT2D eigenvalue weighted by atomic mass is 79.9. The lowest BCUT2D eigenvalue weighted by molar-refractivity contribution is 0.684. The van der Waals surface area contributed by atoms with Gasteiger partial charge in [-0.1, -0.05) is 63.9 Å². The molecule has 0 bridgehead atoms. The fourth-order valence-corrected chi connectivity index (χ4v) is 3.77. The molecule has 104 valence electrons. The first-order chi connectivity index (χ1) is 9.74. The number of hydrogen-bond donors (Lipinski definition) is 0. The lowest BCUT2D eigenvalue weighted by Crippen LogP contribution is -2.04. The van der Waals surface area contributed by atoms with E-state index in [1.807, 2.05) is 18.2 Å². The van der Waals surface area contributed by atoms with Gasteiger partial charge in [-0.15, -0.1) is 0 Å². The average Bonchev–Trinajstić information content (AvgIpc) is 2.49. The van der Waals surface area contributed by atoms with Crippen LogP contribution in [0.25, 0.3) is 0 Å². The molecule has 1 aliphatic rings. The van der Waals surface area contributed by atoms with E-state index in [-0.39, 0.29) is 0 Å². The van der Waals surface area contributed by atoms with Crippen molar-refractivity contribution >= 4 is 27.5 Å². The quantitative estimate of drug-likeness (QED) is 0.605. The minimum Gasteiger partial charge on any atom is -0.0840 e. The summed E-state index contributed by atoms with van der Waals surface area (Å²) < 4.78 is 0. The average molecular weight is 350 g/mol. The number of rotatable bonds is 3. The number of aryl methyl sites for hydroxylation is 2. The van der Waals surface area contributed by atoms with E-state index >= 15 is 0 Å². The Morgan fingerprint density at radius 3 is 2.55 bits per heavy atom. The van der Waals surface area contributed by atoms with Crippen LogP contribution in [0.15, 0.2) is 42.5 Å². The molecule has 3 rings (SSSR count). The van der Waals surface area contributed by atoms with E-state index < -0.39 is 0 Å². The number of hydrogen-bond acceptors (Lipinski definition) is 0. The van der Waals surface area contributed by atoms with Crippen LogP contribution in [0.4, 0.5) is 0 Å². The zero-order valence-corrected chi connectivity index (χ0v) is 13.8. The van der Waals surface area contributed by atoms with Crippen molar-refractivity contribution in [2.45, 2.75) is 36.9 Å². The van der Waals surface area contributed by atoms with E-state index in [0.717, 1.165) is 11.4 Å². The molecule has 0 N–H and O–H groups in total. The van der Waals surface area contributed by atoms with Gasteiger partial charge in [0.25, 0.3) is 0 Å². The van der Waals surface area contributed by atoms with Gasteiger partial charge < -0.3 is 0 Å². The van der Waals surface area contributed by atoms with E-state index in [4.69, 9.17) is 11.6 Å². The molecule has 1 aliphatic carbocycles. The van der Waals surface area contributed by atoms with E-state index in [1.54, 1.807) is 0 Å². The van der Waals surface area contributed by atoms with Crippen LogP contribution in [-0.2, 0) is 19.3 Å². The Morgan fingerprint density at radius 1 is 1.00 bits per heavy atom. The van der Waals surface area contributed by atoms with E-state index in [2.05, 4.69) is 40.2 Å². The third-order valence-electron chi connectivity index (χ3n) is 4.09. The Hall–Kier alpha value is -0.790. The topological polar surface area (TPSA) is 0 Å². The first kappa shape index (κ1) is 14.2. The Labute approximate surface area is 134 Å². The molecule has 2 aromatic rings. The minimum atomic E-state index is 0.328. The lowest BCUT2D eigenvalue weighted by Gasteiger charge is -2.19. The maximum absolute atomic E-state index is 6.25. The molecule has 0 fully saturated rings. The van der Waals surface area contributed by atoms with Gasteiger partial charge in [-0.2, -0.15) is 0 Å². The second-order valence-electron chi connectivity index (χ2n) is 5.50. The van der Waals surface area contributed by atoms with Gasteiger partial charge in [-0.05, 0) is 60.4 Å². The maximum atomic E-state index is 6.25. The molecular formula is C18H18BrCl. The van der Waals surface area contributed by atoms with Crippen molar-refractivity contribution in [2.75, 3.05) is 0 Å². The van der Waals surface area contributed by atoms with Gasteiger partial charge in [0.2, 0.25) is 0 Å². The molecule has 0 saturated carbocycles. The number of alkyl halides is 1. The zero-order valence-electron chi connectivity index (χ0n) is 11.4. The molecule has 0 radical (unpaired) electrons. The number of benzene rings is 2. The fourth-order valence-electron chi connectivity index (χ4n) is 2.92. The van der Waals surface area contributed by atoms with Crippen LogP contribution in [0.1, 0.15) is 39.9 Å². The summed E-state index contributed by atoms with van der Waals surface area (Å²) in [6.07, 6.45) is 6.07. The molecule has 0 heterocycles. The molecule has 1 unspecified atom stereocenters. The van der Waals surface area contributed by atoms with Crippen LogP contribution >= 0.6 is 27.5 Å². The molecule has 0 aliphatic heterocycles. The van der Waals surface area contributed by atoms with Crippen molar-refractivity contribution in [3.63, 3.8) is 0 Å². The summed E-state index contributed by atoms with van der Waals surface area (Å²) in [7, 11) is 0. The first-order valence-electron chi connectivity index (χ1n) is 7.23. The fraction of sp³-hybridized carbons (Fsp3) is 0.333. The minimum absolute atomic E-state index is 0.328. The van der Waals surface area contributed by atoms with Crippen LogP contribution in [0.3, 0.4) is 0 Å². The van der Waals surface area contributed by atoms with Crippen molar-refractivity contribution < 1.29 is 0 Å². The van der Waals surface area contributed by atoms with Gasteiger partial charge in [0, 0.05) is 9.85 Å². The third-order valence-corrected chi connectivity index (χ3v) is 5.31. The summed E-state index contributed by atoms with van der Waals surface area (Å²) >= 11 is 10.1. The summed E-state index contributed by atoms with van der Waals surface area (Å²) in [5.74, 6) is 0. The highest BCUT2D eigenvalue weighted by Gasteiger charge is 2.14. The van der Waals surface area contributed by atoms with Crippen molar-refractivity contribution in [1.82, 2.24) is 0 Å². The summed E-state index contributed by atoms with van der Waals surface area (Å²) in [6, 6.07) is 15.1. The van der Waals surface area contributed by atoms with Crippen molar-refractivity contribution in [1.29, 1.82) is 0 Å². The predicted octanol–water partition coefficient (Wildman–Crippen LogP) is 5.90. The molecule has 20 heavy (non-hydrogen) atoms. The maximum Gasteiger partial charge on any atom is 0.0438 e. The monoisotopic (exact) mass is 348 g/mol. The molecule has 2 aromatic carbocycles. The van der Waals surface area contributed by atoms with Gasteiger partial charge in [-0.3, -0.25) is 0 Å². The molecule has 0 aromatic heterocycles. The SMILES string of the molecule is Clc1ccccc1CC(Br)c1ccc2c(c1)CCCC2. The Balaban J connectivity index is 1.80. The standard InChI is InChI=1S/C18H18BrCl/c19-17(12-16-7-3-4-8-18(16)20)15-10-9-13-5-1-2-6-14(13)11-15/h3-4,7-11,17H,1-2,5-6,12H2. The Morgan fingerprint density at radius 2 is 1.75 bits per heavy atom. The van der Waals surface area contributed by atoms with Crippen molar-refractivity contribution in [3.05, 3.63) is 69.7 Å². The van der Waals surface area contributed by atoms with Crippen LogP contribution in [0.2, 0.25) is 5.02 Å². The molecule has 2 heteroatoms. The summed E-state index contributed by atoms with van der Waals surface area (Å²) in [6.45, 7) is 0. The Bertz CT molecular complexity index is 606. The van der Waals surface area contributed by atoms with E-state index in [1.165, 1.54) is 47.9 Å². The van der Waals surface area contributed by atoms with Gasteiger partial charge in [0.05, 0.1) is 0 Å². The predicted molar refractivity (Wildman–Crippen MR) is 89.9 cm³/mol. The summed E-state index contributed by atoms with van der Waals surface area (Å²) in [5, 5.41) is 0.856. The van der Waals surface area contributed by atoms with Crippen LogP contribution in [-0.4, -0.2) is 0 Å². The van der Waals surface area contributed by atoms with Crippen LogP contribution in [0, 0.1) is 0 Å². The third kappa shape index (κ3) is 3.10. The largest absolute Gasteiger partial charge is 0.0840 e. The molecule has 0 nitrogen and oxygen atoms in total. The molecule has 0 spiro atoms. The molecule has 0 amide bonds. The summed E-state index contributed by atoms with van der Waals surface area (Å²) in [5.41, 5.74) is 5.65. The van der Waals surface area contributed by atoms with Crippen LogP contribution in [0.5, 0.6) is 0 Å². The van der Waals surface area contributed by atoms with Crippen LogP contribution < -0.4 is 0 Å². The second kappa shape index (κ2) is 6.32. The van der Waals surface area contributed by atoms with Crippen molar-refractivity contribution in [3.8, 4) is 0 Å². The molecule has 0 saturated heterocycles. The van der Waals surface area contributed by atoms with E-state index in [0.29, 0.717) is 4.83 Å². The van der Waals surface area contributed by atoms with Gasteiger partial charge in [0.1, 0.15) is 0 Å². The number of halogens is 2. The van der Waals surface area contributed by atoms with E-state index in [9.17, 15) is 0 Å². The highest BCUT2D eigenvalue weighted by molar-refractivity contribution is 9.09. The van der Waals surface area contributed by atoms with Crippen molar-refractivity contribution in [2.24, 2.45) is 0 Å². The van der Waals surface area contributed by atoms with Gasteiger partial charge in [0.15, 0.2) is 0 Å². The highest BCUT2D eigenvalue weighted by Crippen LogP contribution is 2.32. The zero-order chi connectivity index (χ0) is 13.9. The molecular weight excluding hydrogens is 332 g/mol. The first-order valence-corrected chi connectivity index (χ1v) is 8.52. The lowest BCUT2D eigenvalue weighted by atomic mass is 9.89. The summed E-state index contributed by atoms with van der Waals surface area (Å²) in [4.78, 5) is 0.328. The van der Waals surface area contributed by atoms with Gasteiger partial charge in [-0.25, -0.2) is 0 Å². The second-order valence-corrected chi connectivity index (χ2v) is 7.01. The normalized spacial score (nSPS) is 15.7. The molecule has 1 atom stereocenters. The Kier molecular flexibility index (Phi) is 4.48. The number of fused-ring (bicyclic) bond motifs is 1. The van der Waals surface area contributed by atoms with Gasteiger partial charge >= 0.3 is 0 Å².